The van der Waals surface area contributed by atoms with Crippen LogP contribution in [0.4, 0.5) is 0 Å². The Morgan fingerprint density at radius 2 is 2.14 bits per heavy atom. The van der Waals surface area contributed by atoms with Crippen molar-refractivity contribution in [3.05, 3.63) is 33.0 Å². The first-order valence-electron chi connectivity index (χ1n) is 6.35. The molecule has 112 valence electrons. The van der Waals surface area contributed by atoms with Gasteiger partial charge in [0.2, 0.25) is 0 Å². The molecule has 6 heteroatoms. The summed E-state index contributed by atoms with van der Waals surface area (Å²) in [6.45, 7) is 5.27. The summed E-state index contributed by atoms with van der Waals surface area (Å²) in [6.07, 6.45) is 1.66. The van der Waals surface area contributed by atoms with Crippen LogP contribution in [-0.4, -0.2) is 23.2 Å². The molecule has 0 fully saturated rings. The van der Waals surface area contributed by atoms with Crippen molar-refractivity contribution in [1.82, 2.24) is 4.98 Å². The van der Waals surface area contributed by atoms with Gasteiger partial charge in [-0.05, 0) is 61.6 Å². The van der Waals surface area contributed by atoms with Crippen molar-refractivity contribution in [2.45, 2.75) is 26.4 Å². The number of aromatic nitrogens is 1. The highest BCUT2D eigenvalue weighted by atomic mass is 127. The molecule has 0 spiro atoms. The van der Waals surface area contributed by atoms with Crippen LogP contribution in [0.15, 0.2) is 24.4 Å². The summed E-state index contributed by atoms with van der Waals surface area (Å²) >= 11 is 8.30. The van der Waals surface area contributed by atoms with Gasteiger partial charge in [-0.25, -0.2) is 4.79 Å². The van der Waals surface area contributed by atoms with Crippen molar-refractivity contribution in [3.63, 3.8) is 0 Å². The van der Waals surface area contributed by atoms with E-state index in [-0.39, 0.29) is 6.61 Å². The van der Waals surface area contributed by atoms with Gasteiger partial charge in [0.15, 0.2) is 12.4 Å². The minimum atomic E-state index is -0.534. The molecule has 0 aliphatic heterocycles. The Morgan fingerprint density at radius 3 is 2.81 bits per heavy atom. The largest absolute Gasteiger partial charge is 0.478 e. The lowest BCUT2D eigenvalue weighted by Crippen LogP contribution is -2.27. The summed E-state index contributed by atoms with van der Waals surface area (Å²) in [5, 5.41) is 1.39. The van der Waals surface area contributed by atoms with E-state index in [1.807, 2.05) is 26.8 Å². The first-order chi connectivity index (χ1) is 9.78. The highest BCUT2D eigenvalue weighted by molar-refractivity contribution is 14.1. The van der Waals surface area contributed by atoms with Crippen LogP contribution in [0, 0.1) is 3.57 Å². The number of pyridine rings is 1. The normalized spacial score (nSPS) is 11.5. The van der Waals surface area contributed by atoms with Crippen LogP contribution in [0.3, 0.4) is 0 Å². The van der Waals surface area contributed by atoms with Gasteiger partial charge in [-0.3, -0.25) is 4.98 Å². The number of halogens is 2. The van der Waals surface area contributed by atoms with Gasteiger partial charge in [0.1, 0.15) is 11.1 Å². The molecule has 2 rings (SSSR count). The zero-order valence-electron chi connectivity index (χ0n) is 11.9. The van der Waals surface area contributed by atoms with Crippen LogP contribution >= 0.6 is 34.2 Å². The Bertz CT molecular complexity index is 682. The van der Waals surface area contributed by atoms with Crippen LogP contribution in [0.1, 0.15) is 20.8 Å². The maximum absolute atomic E-state index is 11.8. The van der Waals surface area contributed by atoms with Crippen LogP contribution in [0.2, 0.25) is 5.02 Å². The molecule has 0 aliphatic carbocycles. The number of esters is 1. The molecule has 0 amide bonds. The number of carbonyl (C=O) groups is 1. The zero-order chi connectivity index (χ0) is 15.6. The fourth-order valence-electron chi connectivity index (χ4n) is 1.79. The smallest absolute Gasteiger partial charge is 0.344 e. The van der Waals surface area contributed by atoms with E-state index in [0.29, 0.717) is 16.3 Å². The number of fused-ring (bicyclic) bond motifs is 1. The average Bonchev–Trinajstić information content (AvgIpc) is 2.36. The molecule has 1 aromatic carbocycles. The molecule has 0 saturated carbocycles. The molecule has 0 aliphatic rings. The number of rotatable bonds is 3. The predicted molar refractivity (Wildman–Crippen MR) is 90.8 cm³/mol. The lowest BCUT2D eigenvalue weighted by molar-refractivity contribution is -0.157. The van der Waals surface area contributed by atoms with E-state index >= 15 is 0 Å². The maximum atomic E-state index is 11.8. The van der Waals surface area contributed by atoms with Gasteiger partial charge < -0.3 is 9.47 Å². The van der Waals surface area contributed by atoms with Gasteiger partial charge in [-0.2, -0.15) is 0 Å². The summed E-state index contributed by atoms with van der Waals surface area (Å²) < 4.78 is 11.6. The molecule has 1 aromatic heterocycles. The average molecular weight is 420 g/mol. The molecule has 0 unspecified atom stereocenters. The SMILES string of the molecule is CC(C)(C)OC(=O)COc1c(I)cc(Cl)c2cccnc12. The first kappa shape index (κ1) is 16.3. The second kappa shape index (κ2) is 6.36. The summed E-state index contributed by atoms with van der Waals surface area (Å²) in [4.78, 5) is 16.0. The Hall–Kier alpha value is -1.08. The van der Waals surface area contributed by atoms with E-state index in [9.17, 15) is 4.79 Å². The van der Waals surface area contributed by atoms with Crippen LogP contribution < -0.4 is 4.74 Å². The Balaban J connectivity index is 2.25. The van der Waals surface area contributed by atoms with Gasteiger partial charge in [0.25, 0.3) is 0 Å². The highest BCUT2D eigenvalue weighted by Crippen LogP contribution is 2.34. The quantitative estimate of drug-likeness (QED) is 0.552. The molecule has 0 saturated heterocycles. The first-order valence-corrected chi connectivity index (χ1v) is 7.81. The van der Waals surface area contributed by atoms with E-state index in [0.717, 1.165) is 8.96 Å². The van der Waals surface area contributed by atoms with E-state index in [1.165, 1.54) is 0 Å². The highest BCUT2D eigenvalue weighted by Gasteiger charge is 2.18. The van der Waals surface area contributed by atoms with Crippen LogP contribution in [-0.2, 0) is 9.53 Å². The van der Waals surface area contributed by atoms with Gasteiger partial charge in [0.05, 0.1) is 8.59 Å². The minimum absolute atomic E-state index is 0.166. The lowest BCUT2D eigenvalue weighted by Gasteiger charge is -2.19. The van der Waals surface area contributed by atoms with Crippen LogP contribution in [0.5, 0.6) is 5.75 Å². The molecule has 0 radical (unpaired) electrons. The van der Waals surface area contributed by atoms with Gasteiger partial charge in [-0.15, -0.1) is 0 Å². The van der Waals surface area contributed by atoms with Crippen molar-refractivity contribution in [3.8, 4) is 5.75 Å². The molecular weight excluding hydrogens is 405 g/mol. The third kappa shape index (κ3) is 4.20. The summed E-state index contributed by atoms with van der Waals surface area (Å²) in [7, 11) is 0. The number of benzene rings is 1. The number of hydrogen-bond donors (Lipinski definition) is 0. The fraction of sp³-hybridized carbons (Fsp3) is 0.333. The zero-order valence-corrected chi connectivity index (χ0v) is 14.9. The Labute approximate surface area is 141 Å². The van der Waals surface area contributed by atoms with Crippen molar-refractivity contribution in [2.75, 3.05) is 6.61 Å². The van der Waals surface area contributed by atoms with E-state index in [1.54, 1.807) is 18.3 Å². The number of nitrogens with zero attached hydrogens (tertiary/aromatic N) is 1. The fourth-order valence-corrected chi connectivity index (χ4v) is 2.95. The third-order valence-electron chi connectivity index (χ3n) is 2.50. The maximum Gasteiger partial charge on any atom is 0.344 e. The Morgan fingerprint density at radius 1 is 1.43 bits per heavy atom. The predicted octanol–water partition coefficient (Wildman–Crippen LogP) is 4.21. The molecule has 1 heterocycles. The summed E-state index contributed by atoms with van der Waals surface area (Å²) in [5.41, 5.74) is 0.103. The standard InChI is InChI=1S/C15H15ClINO3/c1-15(2,3)21-12(19)8-20-14-11(17)7-10(16)9-5-4-6-18-13(9)14/h4-7H,8H2,1-3H3. The van der Waals surface area contributed by atoms with Gasteiger partial charge in [0, 0.05) is 11.6 Å². The summed E-state index contributed by atoms with van der Waals surface area (Å²) in [5.74, 6) is 0.124. The minimum Gasteiger partial charge on any atom is -0.478 e. The molecule has 21 heavy (non-hydrogen) atoms. The Kier molecular flexibility index (Phi) is 4.93. The molecule has 2 aromatic rings. The third-order valence-corrected chi connectivity index (χ3v) is 3.62. The van der Waals surface area contributed by atoms with Crippen molar-refractivity contribution in [1.29, 1.82) is 0 Å². The number of carbonyl (C=O) groups excluding carboxylic acids is 1. The van der Waals surface area contributed by atoms with Gasteiger partial charge in [-0.1, -0.05) is 11.6 Å². The van der Waals surface area contributed by atoms with Crippen LogP contribution in [0.25, 0.3) is 10.9 Å². The van der Waals surface area contributed by atoms with E-state index < -0.39 is 11.6 Å². The second-order valence-corrected chi connectivity index (χ2v) is 7.01. The van der Waals surface area contributed by atoms with Crippen molar-refractivity contribution < 1.29 is 14.3 Å². The van der Waals surface area contributed by atoms with Gasteiger partial charge >= 0.3 is 5.97 Å². The van der Waals surface area contributed by atoms with E-state index in [4.69, 9.17) is 21.1 Å². The second-order valence-electron chi connectivity index (χ2n) is 5.44. The summed E-state index contributed by atoms with van der Waals surface area (Å²) in [6, 6.07) is 5.45. The lowest BCUT2D eigenvalue weighted by atomic mass is 10.2. The molecule has 0 atom stereocenters. The number of ether oxygens (including phenoxy) is 2. The van der Waals surface area contributed by atoms with Crippen molar-refractivity contribution >= 4 is 51.1 Å². The molecule has 0 bridgehead atoms. The topological polar surface area (TPSA) is 48.4 Å². The molecule has 0 N–H and O–H groups in total. The molecular formula is C15H15ClINO3. The van der Waals surface area contributed by atoms with Crippen molar-refractivity contribution in [2.24, 2.45) is 0 Å². The molecule has 4 nitrogen and oxygen atoms in total. The monoisotopic (exact) mass is 419 g/mol. The van der Waals surface area contributed by atoms with E-state index in [2.05, 4.69) is 27.6 Å². The number of hydrogen-bond acceptors (Lipinski definition) is 4.